The van der Waals surface area contributed by atoms with Gasteiger partial charge in [0.15, 0.2) is 5.13 Å². The molecule has 1 heterocycles. The second-order valence-corrected chi connectivity index (χ2v) is 6.52. The fourth-order valence-electron chi connectivity index (χ4n) is 2.38. The summed E-state index contributed by atoms with van der Waals surface area (Å²) in [6.45, 7) is 3.91. The molecule has 3 aromatic rings. The third-order valence-corrected chi connectivity index (χ3v) is 4.75. The molecule has 2 aromatic carbocycles. The van der Waals surface area contributed by atoms with Crippen LogP contribution in [0.3, 0.4) is 0 Å². The minimum Gasteiger partial charge on any atom is -0.375 e. The minimum atomic E-state index is -0.167. The molecular formula is C16H14ClN3OS. The molecule has 4 nitrogen and oxygen atoms in total. The Morgan fingerprint density at radius 1 is 1.27 bits per heavy atom. The van der Waals surface area contributed by atoms with Crippen molar-refractivity contribution in [3.8, 4) is 0 Å². The van der Waals surface area contributed by atoms with E-state index in [0.717, 1.165) is 27.0 Å². The summed E-state index contributed by atoms with van der Waals surface area (Å²) in [5.74, 6) is -0.167. The molecule has 1 amide bonds. The normalized spacial score (nSPS) is 10.9. The summed E-state index contributed by atoms with van der Waals surface area (Å²) in [5, 5.41) is 4.10. The number of anilines is 2. The fraction of sp³-hybridized carbons (Fsp3) is 0.125. The number of hydrogen-bond donors (Lipinski definition) is 2. The average Bonchev–Trinajstić information content (AvgIpc) is 2.84. The van der Waals surface area contributed by atoms with Gasteiger partial charge in [-0.1, -0.05) is 22.9 Å². The monoisotopic (exact) mass is 331 g/mol. The van der Waals surface area contributed by atoms with Crippen molar-refractivity contribution in [2.45, 2.75) is 13.8 Å². The summed E-state index contributed by atoms with van der Waals surface area (Å²) in [5.41, 5.74) is 9.94. The molecule has 0 aliphatic carbocycles. The summed E-state index contributed by atoms with van der Waals surface area (Å²) in [4.78, 5) is 16.7. The molecule has 6 heteroatoms. The molecule has 3 rings (SSSR count). The van der Waals surface area contributed by atoms with Gasteiger partial charge in [-0.15, -0.1) is 0 Å². The van der Waals surface area contributed by atoms with Crippen molar-refractivity contribution in [1.82, 2.24) is 4.98 Å². The lowest BCUT2D eigenvalue weighted by Gasteiger charge is -2.12. The van der Waals surface area contributed by atoms with Crippen molar-refractivity contribution in [2.24, 2.45) is 0 Å². The van der Waals surface area contributed by atoms with Crippen LogP contribution in [0.2, 0.25) is 5.02 Å². The van der Waals surface area contributed by atoms with Gasteiger partial charge in [0, 0.05) is 16.3 Å². The highest BCUT2D eigenvalue weighted by Crippen LogP contribution is 2.34. The van der Waals surface area contributed by atoms with Crippen LogP contribution in [0.5, 0.6) is 0 Å². The second kappa shape index (κ2) is 5.59. The quantitative estimate of drug-likeness (QED) is 0.731. The Morgan fingerprint density at radius 3 is 2.64 bits per heavy atom. The number of carbonyl (C=O) groups is 1. The van der Waals surface area contributed by atoms with Crippen LogP contribution in [0.4, 0.5) is 10.8 Å². The van der Waals surface area contributed by atoms with Crippen molar-refractivity contribution in [3.63, 3.8) is 0 Å². The van der Waals surface area contributed by atoms with Gasteiger partial charge in [0.1, 0.15) is 0 Å². The van der Waals surface area contributed by atoms with Crippen LogP contribution in [0, 0.1) is 13.8 Å². The van der Waals surface area contributed by atoms with Gasteiger partial charge in [0.25, 0.3) is 5.91 Å². The van der Waals surface area contributed by atoms with Gasteiger partial charge in [-0.2, -0.15) is 0 Å². The van der Waals surface area contributed by atoms with E-state index in [9.17, 15) is 4.79 Å². The van der Waals surface area contributed by atoms with Gasteiger partial charge in [0.05, 0.1) is 10.2 Å². The van der Waals surface area contributed by atoms with Gasteiger partial charge in [-0.3, -0.25) is 4.79 Å². The first-order chi connectivity index (χ1) is 10.5. The zero-order valence-electron chi connectivity index (χ0n) is 12.1. The van der Waals surface area contributed by atoms with Crippen LogP contribution in [0.1, 0.15) is 21.5 Å². The number of hydrogen-bond acceptors (Lipinski definition) is 4. The number of benzene rings is 2. The lowest BCUT2D eigenvalue weighted by molar-refractivity contribution is 0.102. The van der Waals surface area contributed by atoms with E-state index in [-0.39, 0.29) is 5.91 Å². The van der Waals surface area contributed by atoms with Crippen LogP contribution in [-0.2, 0) is 0 Å². The van der Waals surface area contributed by atoms with E-state index in [2.05, 4.69) is 10.3 Å². The Hall–Kier alpha value is -2.11. The summed E-state index contributed by atoms with van der Waals surface area (Å²) >= 11 is 7.27. The molecule has 0 saturated carbocycles. The molecule has 3 N–H and O–H groups in total. The number of nitrogen functional groups attached to an aromatic ring is 1. The van der Waals surface area contributed by atoms with E-state index in [1.54, 1.807) is 24.3 Å². The zero-order chi connectivity index (χ0) is 15.9. The van der Waals surface area contributed by atoms with Crippen LogP contribution in [-0.4, -0.2) is 10.9 Å². The molecule has 22 heavy (non-hydrogen) atoms. The van der Waals surface area contributed by atoms with Gasteiger partial charge >= 0.3 is 0 Å². The lowest BCUT2D eigenvalue weighted by Crippen LogP contribution is -2.13. The molecule has 0 atom stereocenters. The molecule has 0 saturated heterocycles. The van der Waals surface area contributed by atoms with E-state index >= 15 is 0 Å². The number of nitrogens with zero attached hydrogens (tertiary/aromatic N) is 1. The number of nitrogens with one attached hydrogen (secondary N) is 1. The molecular weight excluding hydrogens is 318 g/mol. The molecule has 0 aliphatic rings. The first kappa shape index (κ1) is 14.8. The summed E-state index contributed by atoms with van der Waals surface area (Å²) in [6, 6.07) is 8.73. The summed E-state index contributed by atoms with van der Waals surface area (Å²) in [7, 11) is 0. The second-order valence-electron chi connectivity index (χ2n) is 5.05. The molecule has 0 spiro atoms. The van der Waals surface area contributed by atoms with E-state index in [0.29, 0.717) is 15.7 Å². The third kappa shape index (κ3) is 2.65. The predicted molar refractivity (Wildman–Crippen MR) is 92.9 cm³/mol. The van der Waals surface area contributed by atoms with Gasteiger partial charge in [0.2, 0.25) is 0 Å². The Kier molecular flexibility index (Phi) is 3.76. The minimum absolute atomic E-state index is 0.167. The number of aryl methyl sites for hydroxylation is 2. The van der Waals surface area contributed by atoms with Crippen molar-refractivity contribution in [1.29, 1.82) is 0 Å². The van der Waals surface area contributed by atoms with Crippen LogP contribution >= 0.6 is 22.9 Å². The smallest absolute Gasteiger partial charge is 0.255 e. The maximum Gasteiger partial charge on any atom is 0.255 e. The van der Waals surface area contributed by atoms with Crippen LogP contribution in [0.15, 0.2) is 30.3 Å². The Bertz CT molecular complexity index is 871. The first-order valence-electron chi connectivity index (χ1n) is 6.69. The van der Waals surface area contributed by atoms with Gasteiger partial charge in [-0.25, -0.2) is 4.98 Å². The Morgan fingerprint density at radius 2 is 1.95 bits per heavy atom. The SMILES string of the molecule is Cc1cc2nc(N)sc2c(C)c1NC(=O)c1ccc(Cl)cc1. The summed E-state index contributed by atoms with van der Waals surface area (Å²) < 4.78 is 0.995. The predicted octanol–water partition coefficient (Wildman–Crippen LogP) is 4.40. The van der Waals surface area contributed by atoms with E-state index in [1.807, 2.05) is 19.9 Å². The molecule has 112 valence electrons. The van der Waals surface area contributed by atoms with E-state index in [4.69, 9.17) is 17.3 Å². The number of halogens is 1. The molecule has 0 bridgehead atoms. The standard InChI is InChI=1S/C16H14ClN3OS/c1-8-7-12-14(22-16(18)19-12)9(2)13(8)20-15(21)10-3-5-11(17)6-4-10/h3-7H,1-2H3,(H2,18,19)(H,20,21). The molecule has 0 radical (unpaired) electrons. The highest BCUT2D eigenvalue weighted by Gasteiger charge is 2.14. The molecule has 1 aromatic heterocycles. The van der Waals surface area contributed by atoms with Crippen molar-refractivity contribution < 1.29 is 4.79 Å². The summed E-state index contributed by atoms with van der Waals surface area (Å²) in [6.07, 6.45) is 0. The van der Waals surface area contributed by atoms with Crippen LogP contribution in [0.25, 0.3) is 10.2 Å². The number of thiazole rings is 1. The first-order valence-corrected chi connectivity index (χ1v) is 7.88. The maximum atomic E-state index is 12.4. The zero-order valence-corrected chi connectivity index (χ0v) is 13.7. The van der Waals surface area contributed by atoms with Crippen LogP contribution < -0.4 is 11.1 Å². The van der Waals surface area contributed by atoms with Gasteiger partial charge < -0.3 is 11.1 Å². The number of aromatic nitrogens is 1. The van der Waals surface area contributed by atoms with Gasteiger partial charge in [-0.05, 0) is 55.3 Å². The lowest BCUT2D eigenvalue weighted by atomic mass is 10.1. The largest absolute Gasteiger partial charge is 0.375 e. The molecule has 0 aliphatic heterocycles. The highest BCUT2D eigenvalue weighted by molar-refractivity contribution is 7.22. The van der Waals surface area contributed by atoms with E-state index < -0.39 is 0 Å². The maximum absolute atomic E-state index is 12.4. The van der Waals surface area contributed by atoms with Crippen molar-refractivity contribution in [3.05, 3.63) is 52.0 Å². The fourth-order valence-corrected chi connectivity index (χ4v) is 3.32. The number of nitrogens with two attached hydrogens (primary N) is 1. The number of fused-ring (bicyclic) bond motifs is 1. The molecule has 0 unspecified atom stereocenters. The Labute approximate surface area is 136 Å². The van der Waals surface area contributed by atoms with E-state index in [1.165, 1.54) is 11.3 Å². The number of amides is 1. The van der Waals surface area contributed by atoms with Crippen molar-refractivity contribution >= 4 is 49.9 Å². The topological polar surface area (TPSA) is 68.0 Å². The number of rotatable bonds is 2. The molecule has 0 fully saturated rings. The third-order valence-electron chi connectivity index (χ3n) is 3.48. The van der Waals surface area contributed by atoms with Crippen molar-refractivity contribution in [2.75, 3.05) is 11.1 Å². The average molecular weight is 332 g/mol. The number of carbonyl (C=O) groups excluding carboxylic acids is 1. The Balaban J connectivity index is 1.99. The highest BCUT2D eigenvalue weighted by atomic mass is 35.5.